The predicted octanol–water partition coefficient (Wildman–Crippen LogP) is 1.06. The highest BCUT2D eigenvalue weighted by molar-refractivity contribution is 5.53. The number of aromatic nitrogens is 2. The van der Waals surface area contributed by atoms with Crippen molar-refractivity contribution in [3.05, 3.63) is 16.3 Å². The number of nitrogen functional groups attached to an aromatic ring is 1. The van der Waals surface area contributed by atoms with Crippen molar-refractivity contribution in [2.24, 2.45) is 5.92 Å². The maximum Gasteiger partial charge on any atom is 0.329 e. The molecule has 0 saturated heterocycles. The third-order valence-corrected chi connectivity index (χ3v) is 1.96. The molecule has 16 heavy (non-hydrogen) atoms. The van der Waals surface area contributed by atoms with Gasteiger partial charge in [-0.1, -0.05) is 13.8 Å². The number of nitrogens with two attached hydrogens (primary N) is 1. The smallest absolute Gasteiger partial charge is 0.329 e. The minimum absolute atomic E-state index is 0.106. The topological polar surface area (TPSA) is 98.2 Å². The van der Waals surface area contributed by atoms with Crippen LogP contribution in [0.3, 0.4) is 0 Å². The molecule has 7 nitrogen and oxygen atoms in total. The summed E-state index contributed by atoms with van der Waals surface area (Å²) in [5.41, 5.74) is 5.21. The third-order valence-electron chi connectivity index (χ3n) is 1.96. The first kappa shape index (κ1) is 12.2. The van der Waals surface area contributed by atoms with E-state index in [0.717, 1.165) is 12.7 Å². The minimum Gasteiger partial charge on any atom is -0.378 e. The van der Waals surface area contributed by atoms with Gasteiger partial charge in [0.1, 0.15) is 6.20 Å². The van der Waals surface area contributed by atoms with E-state index in [1.54, 1.807) is 0 Å². The molecule has 0 aliphatic carbocycles. The Morgan fingerprint density at radius 3 is 2.69 bits per heavy atom. The summed E-state index contributed by atoms with van der Waals surface area (Å²) in [6, 6.07) is 0. The molecule has 0 atom stereocenters. The van der Waals surface area contributed by atoms with Crippen LogP contribution in [-0.2, 0) is 0 Å². The van der Waals surface area contributed by atoms with Crippen LogP contribution in [-0.4, -0.2) is 28.5 Å². The van der Waals surface area contributed by atoms with E-state index in [1.165, 1.54) is 0 Å². The molecule has 7 heteroatoms. The Morgan fingerprint density at radius 1 is 1.62 bits per heavy atom. The van der Waals surface area contributed by atoms with Crippen LogP contribution in [0.1, 0.15) is 13.8 Å². The Labute approximate surface area is 93.4 Å². The van der Waals surface area contributed by atoms with Gasteiger partial charge in [0.25, 0.3) is 0 Å². The van der Waals surface area contributed by atoms with Crippen molar-refractivity contribution >= 4 is 17.5 Å². The van der Waals surface area contributed by atoms with Gasteiger partial charge in [-0.15, -0.1) is 0 Å². The van der Waals surface area contributed by atoms with Crippen molar-refractivity contribution < 1.29 is 4.92 Å². The first-order valence-electron chi connectivity index (χ1n) is 4.90. The lowest BCUT2D eigenvalue weighted by Gasteiger charge is -2.18. The molecule has 0 radical (unpaired) electrons. The number of rotatable bonds is 4. The molecule has 0 aliphatic heterocycles. The van der Waals surface area contributed by atoms with Gasteiger partial charge >= 0.3 is 5.69 Å². The van der Waals surface area contributed by atoms with E-state index in [1.807, 2.05) is 11.9 Å². The molecule has 0 spiro atoms. The second kappa shape index (κ2) is 4.73. The molecular weight excluding hydrogens is 210 g/mol. The van der Waals surface area contributed by atoms with Gasteiger partial charge in [0.05, 0.1) is 4.92 Å². The number of anilines is 2. The van der Waals surface area contributed by atoms with Gasteiger partial charge in [-0.25, -0.2) is 4.98 Å². The molecule has 1 rings (SSSR count). The number of nitro groups is 1. The minimum atomic E-state index is -0.596. The normalized spacial score (nSPS) is 10.5. The molecule has 0 unspecified atom stereocenters. The second-order valence-electron chi connectivity index (χ2n) is 3.97. The Balaban J connectivity index is 2.92. The summed E-state index contributed by atoms with van der Waals surface area (Å²) in [5, 5.41) is 10.5. The average Bonchev–Trinajstić information content (AvgIpc) is 2.15. The van der Waals surface area contributed by atoms with Crippen LogP contribution < -0.4 is 10.6 Å². The van der Waals surface area contributed by atoms with E-state index in [-0.39, 0.29) is 11.5 Å². The van der Waals surface area contributed by atoms with E-state index in [9.17, 15) is 10.1 Å². The number of nitrogens with zero attached hydrogens (tertiary/aromatic N) is 4. The largest absolute Gasteiger partial charge is 0.378 e. The van der Waals surface area contributed by atoms with Gasteiger partial charge in [-0.2, -0.15) is 4.98 Å². The van der Waals surface area contributed by atoms with E-state index in [4.69, 9.17) is 5.73 Å². The van der Waals surface area contributed by atoms with E-state index in [2.05, 4.69) is 23.8 Å². The van der Waals surface area contributed by atoms with Crippen LogP contribution in [0.15, 0.2) is 6.20 Å². The average molecular weight is 225 g/mol. The highest BCUT2D eigenvalue weighted by atomic mass is 16.6. The van der Waals surface area contributed by atoms with Crippen LogP contribution in [0.4, 0.5) is 17.5 Å². The lowest BCUT2D eigenvalue weighted by Crippen LogP contribution is -2.24. The zero-order valence-corrected chi connectivity index (χ0v) is 9.54. The van der Waals surface area contributed by atoms with Gasteiger partial charge in [-0.3, -0.25) is 10.1 Å². The van der Waals surface area contributed by atoms with E-state index in [0.29, 0.717) is 11.9 Å². The van der Waals surface area contributed by atoms with Crippen molar-refractivity contribution in [1.29, 1.82) is 0 Å². The molecule has 0 aromatic carbocycles. The summed E-state index contributed by atoms with van der Waals surface area (Å²) in [7, 11) is 1.82. The Kier molecular flexibility index (Phi) is 3.60. The summed E-state index contributed by atoms with van der Waals surface area (Å²) in [4.78, 5) is 19.5. The molecule has 88 valence electrons. The van der Waals surface area contributed by atoms with Gasteiger partial charge in [0.15, 0.2) is 0 Å². The standard InChI is InChI=1S/C9H15N5O2/c1-6(2)5-13(3)9-11-4-7(14(15)16)8(10)12-9/h4,6H,5H2,1-3H3,(H2,10,11,12). The highest BCUT2D eigenvalue weighted by Crippen LogP contribution is 2.19. The van der Waals surface area contributed by atoms with Crippen LogP contribution in [0, 0.1) is 16.0 Å². The van der Waals surface area contributed by atoms with Crippen molar-refractivity contribution in [3.8, 4) is 0 Å². The second-order valence-corrected chi connectivity index (χ2v) is 3.97. The molecular formula is C9H15N5O2. The molecule has 0 fully saturated rings. The summed E-state index contributed by atoms with van der Waals surface area (Å²) in [6.45, 7) is 4.88. The third kappa shape index (κ3) is 2.78. The summed E-state index contributed by atoms with van der Waals surface area (Å²) < 4.78 is 0. The van der Waals surface area contributed by atoms with E-state index >= 15 is 0 Å². The van der Waals surface area contributed by atoms with Gasteiger partial charge < -0.3 is 10.6 Å². The molecule has 2 N–H and O–H groups in total. The van der Waals surface area contributed by atoms with Gasteiger partial charge in [-0.05, 0) is 5.92 Å². The van der Waals surface area contributed by atoms with Crippen molar-refractivity contribution in [2.75, 3.05) is 24.2 Å². The maximum atomic E-state index is 10.5. The van der Waals surface area contributed by atoms with Crippen molar-refractivity contribution in [2.45, 2.75) is 13.8 Å². The fraction of sp³-hybridized carbons (Fsp3) is 0.556. The first-order valence-corrected chi connectivity index (χ1v) is 4.90. The SMILES string of the molecule is CC(C)CN(C)c1ncc([N+](=O)[O-])c(N)n1. The molecule has 0 aliphatic rings. The summed E-state index contributed by atoms with van der Waals surface area (Å²) in [6.07, 6.45) is 1.13. The molecule has 1 aromatic heterocycles. The molecule has 1 heterocycles. The van der Waals surface area contributed by atoms with Crippen LogP contribution in [0.2, 0.25) is 0 Å². The van der Waals surface area contributed by atoms with Crippen LogP contribution in [0.25, 0.3) is 0 Å². The maximum absolute atomic E-state index is 10.5. The summed E-state index contributed by atoms with van der Waals surface area (Å²) >= 11 is 0. The number of hydrogen-bond donors (Lipinski definition) is 1. The van der Waals surface area contributed by atoms with Crippen molar-refractivity contribution in [3.63, 3.8) is 0 Å². The monoisotopic (exact) mass is 225 g/mol. The Morgan fingerprint density at radius 2 is 2.25 bits per heavy atom. The lowest BCUT2D eigenvalue weighted by molar-refractivity contribution is -0.384. The zero-order valence-electron chi connectivity index (χ0n) is 9.54. The molecule has 1 aromatic rings. The van der Waals surface area contributed by atoms with Crippen molar-refractivity contribution in [1.82, 2.24) is 9.97 Å². The fourth-order valence-corrected chi connectivity index (χ4v) is 1.33. The lowest BCUT2D eigenvalue weighted by atomic mass is 10.2. The Bertz CT molecular complexity index is 393. The first-order chi connectivity index (χ1) is 7.41. The summed E-state index contributed by atoms with van der Waals surface area (Å²) in [5.74, 6) is 0.743. The fourth-order valence-electron chi connectivity index (χ4n) is 1.33. The zero-order chi connectivity index (χ0) is 12.3. The molecule has 0 bridgehead atoms. The molecule has 0 amide bonds. The number of hydrogen-bond acceptors (Lipinski definition) is 6. The van der Waals surface area contributed by atoms with Crippen LogP contribution in [0.5, 0.6) is 0 Å². The molecule has 0 saturated carbocycles. The van der Waals surface area contributed by atoms with E-state index < -0.39 is 4.92 Å². The highest BCUT2D eigenvalue weighted by Gasteiger charge is 2.16. The van der Waals surface area contributed by atoms with Gasteiger partial charge in [0.2, 0.25) is 11.8 Å². The quantitative estimate of drug-likeness (QED) is 0.607. The Hall–Kier alpha value is -1.92. The van der Waals surface area contributed by atoms with Crippen LogP contribution >= 0.6 is 0 Å². The van der Waals surface area contributed by atoms with Gasteiger partial charge in [0, 0.05) is 13.6 Å². The predicted molar refractivity (Wildman–Crippen MR) is 61.2 cm³/mol.